The quantitative estimate of drug-likeness (QED) is 0.715. The van der Waals surface area contributed by atoms with Gasteiger partial charge < -0.3 is 0 Å². The molecule has 0 aliphatic carbocycles. The lowest BCUT2D eigenvalue weighted by atomic mass is 9.93. The minimum atomic E-state index is -1.10. The lowest BCUT2D eigenvalue weighted by Crippen LogP contribution is -2.04. The van der Waals surface area contributed by atoms with Crippen LogP contribution in [-0.4, -0.2) is 4.98 Å². The lowest BCUT2D eigenvalue weighted by molar-refractivity contribution is 1.01. The van der Waals surface area contributed by atoms with Crippen LogP contribution in [0.2, 0.25) is 0 Å². The molecule has 1 aromatic heterocycles. The highest BCUT2D eigenvalue weighted by Gasteiger charge is 2.21. The molecule has 0 bridgehead atoms. The van der Waals surface area contributed by atoms with Crippen LogP contribution in [0.4, 0.5) is 0 Å². The molecule has 2 aromatic carbocycles. The molecule has 116 valence electrons. The third kappa shape index (κ3) is 3.08. The second-order valence-electron chi connectivity index (χ2n) is 5.35. The van der Waals surface area contributed by atoms with Crippen LogP contribution in [0.25, 0.3) is 22.4 Å². The van der Waals surface area contributed by atoms with E-state index in [2.05, 4.69) is 11.1 Å². The highest BCUT2D eigenvalue weighted by molar-refractivity contribution is 5.77. The highest BCUT2D eigenvalue weighted by atomic mass is 14.7. The van der Waals surface area contributed by atoms with E-state index < -0.39 is 5.92 Å². The molecule has 25 heavy (non-hydrogen) atoms. The first-order chi connectivity index (χ1) is 12.3. The molecule has 3 aromatic rings. The second-order valence-corrected chi connectivity index (χ2v) is 5.35. The van der Waals surface area contributed by atoms with E-state index in [4.69, 9.17) is 0 Å². The zero-order valence-electron chi connectivity index (χ0n) is 13.2. The molecule has 0 saturated carbocycles. The number of nitrogens with zero attached hydrogens (tertiary/aromatic N) is 4. The van der Waals surface area contributed by atoms with Gasteiger partial charge in [0.1, 0.15) is 6.07 Å². The minimum absolute atomic E-state index is 0.202. The Balaban J connectivity index is 2.34. The van der Waals surface area contributed by atoms with E-state index in [1.807, 2.05) is 78.9 Å². The Kier molecular flexibility index (Phi) is 4.52. The molecule has 0 radical (unpaired) electrons. The summed E-state index contributed by atoms with van der Waals surface area (Å²) >= 11 is 0. The normalized spacial score (nSPS) is 9.84. The van der Waals surface area contributed by atoms with Crippen molar-refractivity contribution >= 4 is 0 Å². The van der Waals surface area contributed by atoms with Crippen LogP contribution >= 0.6 is 0 Å². The SMILES string of the molecule is N#Cc1c(-c2ccccc2)cc(-c2ccccc2)nc1C(C#N)C#N. The molecule has 4 nitrogen and oxygen atoms in total. The monoisotopic (exact) mass is 320 g/mol. The van der Waals surface area contributed by atoms with Crippen molar-refractivity contribution in [2.24, 2.45) is 0 Å². The van der Waals surface area contributed by atoms with Crippen molar-refractivity contribution in [3.05, 3.63) is 78.0 Å². The zero-order chi connectivity index (χ0) is 17.6. The van der Waals surface area contributed by atoms with Gasteiger partial charge in [-0.15, -0.1) is 0 Å². The summed E-state index contributed by atoms with van der Waals surface area (Å²) < 4.78 is 0. The summed E-state index contributed by atoms with van der Waals surface area (Å²) in [7, 11) is 0. The summed E-state index contributed by atoms with van der Waals surface area (Å²) in [5.74, 6) is -1.10. The Bertz CT molecular complexity index is 1010. The maximum atomic E-state index is 9.65. The van der Waals surface area contributed by atoms with E-state index in [1.54, 1.807) is 0 Å². The van der Waals surface area contributed by atoms with Crippen molar-refractivity contribution < 1.29 is 0 Å². The second kappa shape index (κ2) is 7.09. The van der Waals surface area contributed by atoms with Gasteiger partial charge in [-0.3, -0.25) is 0 Å². The molecular formula is C21H12N4. The third-order valence-corrected chi connectivity index (χ3v) is 3.85. The van der Waals surface area contributed by atoms with E-state index in [9.17, 15) is 15.8 Å². The largest absolute Gasteiger partial charge is 0.249 e. The van der Waals surface area contributed by atoms with Crippen molar-refractivity contribution in [1.82, 2.24) is 4.98 Å². The summed E-state index contributed by atoms with van der Waals surface area (Å²) in [4.78, 5) is 4.47. The molecule has 0 aliphatic rings. The van der Waals surface area contributed by atoms with Crippen LogP contribution in [-0.2, 0) is 0 Å². The number of pyridine rings is 1. The predicted octanol–water partition coefficient (Wildman–Crippen LogP) is 4.42. The molecule has 1 heterocycles. The van der Waals surface area contributed by atoms with E-state index in [1.165, 1.54) is 0 Å². The Morgan fingerprint density at radius 1 is 0.760 bits per heavy atom. The molecule has 0 atom stereocenters. The molecule has 0 saturated heterocycles. The fraction of sp³-hybridized carbons (Fsp3) is 0.0476. The van der Waals surface area contributed by atoms with Gasteiger partial charge in [0, 0.05) is 11.1 Å². The van der Waals surface area contributed by atoms with Gasteiger partial charge in [-0.2, -0.15) is 15.8 Å². The third-order valence-electron chi connectivity index (χ3n) is 3.85. The van der Waals surface area contributed by atoms with Crippen LogP contribution < -0.4 is 0 Å². The standard InChI is InChI=1S/C21H12N4/c22-12-17(13-23)21-19(14-24)18(15-7-3-1-4-8-15)11-20(25-21)16-9-5-2-6-10-16/h1-11,17H. The summed E-state index contributed by atoms with van der Waals surface area (Å²) in [6.45, 7) is 0. The maximum Gasteiger partial charge on any atom is 0.176 e. The van der Waals surface area contributed by atoms with Crippen LogP contribution in [0.15, 0.2) is 66.7 Å². The van der Waals surface area contributed by atoms with Crippen LogP contribution in [0.5, 0.6) is 0 Å². The molecular weight excluding hydrogens is 308 g/mol. The van der Waals surface area contributed by atoms with Gasteiger partial charge in [-0.1, -0.05) is 60.7 Å². The molecule has 0 spiro atoms. The summed E-state index contributed by atoms with van der Waals surface area (Å²) in [6.07, 6.45) is 0. The first kappa shape index (κ1) is 15.9. The van der Waals surface area contributed by atoms with Crippen molar-refractivity contribution in [2.75, 3.05) is 0 Å². The number of hydrogen-bond acceptors (Lipinski definition) is 4. The van der Waals surface area contributed by atoms with Crippen molar-refractivity contribution in [2.45, 2.75) is 5.92 Å². The fourth-order valence-corrected chi connectivity index (χ4v) is 2.64. The van der Waals surface area contributed by atoms with E-state index in [-0.39, 0.29) is 11.3 Å². The summed E-state index contributed by atoms with van der Waals surface area (Å²) in [5.41, 5.74) is 3.47. The van der Waals surface area contributed by atoms with E-state index in [0.717, 1.165) is 11.1 Å². The lowest BCUT2D eigenvalue weighted by Gasteiger charge is -2.13. The minimum Gasteiger partial charge on any atom is -0.249 e. The first-order valence-corrected chi connectivity index (χ1v) is 7.63. The van der Waals surface area contributed by atoms with Crippen molar-refractivity contribution in [3.63, 3.8) is 0 Å². The van der Waals surface area contributed by atoms with Crippen LogP contribution in [0, 0.1) is 34.0 Å². The number of aromatic nitrogens is 1. The molecule has 0 amide bonds. The van der Waals surface area contributed by atoms with Gasteiger partial charge in [0.25, 0.3) is 0 Å². The van der Waals surface area contributed by atoms with Gasteiger partial charge in [0.05, 0.1) is 29.1 Å². The Morgan fingerprint density at radius 3 is 1.84 bits per heavy atom. The highest BCUT2D eigenvalue weighted by Crippen LogP contribution is 2.32. The average molecular weight is 320 g/mol. The molecule has 0 unspecified atom stereocenters. The zero-order valence-corrected chi connectivity index (χ0v) is 13.2. The van der Waals surface area contributed by atoms with Gasteiger partial charge in [-0.05, 0) is 11.6 Å². The topological polar surface area (TPSA) is 84.3 Å². The first-order valence-electron chi connectivity index (χ1n) is 7.63. The van der Waals surface area contributed by atoms with Gasteiger partial charge in [0.2, 0.25) is 0 Å². The average Bonchev–Trinajstić information content (AvgIpc) is 2.69. The Morgan fingerprint density at radius 2 is 1.32 bits per heavy atom. The van der Waals surface area contributed by atoms with Crippen LogP contribution in [0.1, 0.15) is 17.2 Å². The summed E-state index contributed by atoms with van der Waals surface area (Å²) in [5, 5.41) is 28.3. The maximum absolute atomic E-state index is 9.65. The fourth-order valence-electron chi connectivity index (χ4n) is 2.64. The molecule has 4 heteroatoms. The number of hydrogen-bond donors (Lipinski definition) is 0. The molecule has 3 rings (SSSR count). The van der Waals surface area contributed by atoms with E-state index in [0.29, 0.717) is 11.3 Å². The van der Waals surface area contributed by atoms with Crippen molar-refractivity contribution in [1.29, 1.82) is 15.8 Å². The molecule has 0 fully saturated rings. The van der Waals surface area contributed by atoms with Gasteiger partial charge in [0.15, 0.2) is 5.92 Å². The number of benzene rings is 2. The number of rotatable bonds is 3. The van der Waals surface area contributed by atoms with Gasteiger partial charge >= 0.3 is 0 Å². The molecule has 0 aliphatic heterocycles. The molecule has 0 N–H and O–H groups in total. The van der Waals surface area contributed by atoms with Crippen molar-refractivity contribution in [3.8, 4) is 40.6 Å². The predicted molar refractivity (Wildman–Crippen MR) is 93.8 cm³/mol. The number of nitriles is 3. The smallest absolute Gasteiger partial charge is 0.176 e. The Hall–Kier alpha value is -3.94. The Labute approximate surface area is 145 Å². The van der Waals surface area contributed by atoms with Crippen LogP contribution in [0.3, 0.4) is 0 Å². The van der Waals surface area contributed by atoms with E-state index >= 15 is 0 Å². The summed E-state index contributed by atoms with van der Waals surface area (Å²) in [6, 6.07) is 26.7. The van der Waals surface area contributed by atoms with Gasteiger partial charge in [-0.25, -0.2) is 4.98 Å².